The van der Waals surface area contributed by atoms with Gasteiger partial charge in [-0.3, -0.25) is 0 Å². The molecule has 0 aliphatic carbocycles. The largest absolute Gasteiger partial charge is 0.383 e. The van der Waals surface area contributed by atoms with E-state index in [1.54, 1.807) is 0 Å². The Kier molecular flexibility index (Phi) is 3.26. The molecule has 1 aliphatic rings. The lowest BCUT2D eigenvalue weighted by Crippen LogP contribution is -2.32. The van der Waals surface area contributed by atoms with Gasteiger partial charge in [0.1, 0.15) is 0 Å². The van der Waals surface area contributed by atoms with Gasteiger partial charge in [-0.15, -0.1) is 11.8 Å². The number of fused-ring (bicyclic) bond motifs is 1. The molecule has 1 heterocycles. The Bertz CT molecular complexity index is 527. The first-order valence-corrected chi connectivity index (χ1v) is 7.02. The molecular weight excluding hydrogens is 240 g/mol. The van der Waals surface area contributed by atoms with Crippen molar-refractivity contribution in [2.24, 2.45) is 5.73 Å². The number of nitrogens with one attached hydrogen (secondary N) is 1. The average Bonchev–Trinajstić information content (AvgIpc) is 2.60. The molecule has 0 saturated carbocycles. The van der Waals surface area contributed by atoms with E-state index < -0.39 is 0 Å². The van der Waals surface area contributed by atoms with Gasteiger partial charge in [-0.25, -0.2) is 0 Å². The Morgan fingerprint density at radius 3 is 2.56 bits per heavy atom. The van der Waals surface area contributed by atoms with Crippen molar-refractivity contribution in [1.29, 1.82) is 0 Å². The summed E-state index contributed by atoms with van der Waals surface area (Å²) in [6.07, 6.45) is 0. The van der Waals surface area contributed by atoms with Crippen LogP contribution >= 0.6 is 11.8 Å². The van der Waals surface area contributed by atoms with Crippen LogP contribution in [0.3, 0.4) is 0 Å². The smallest absolute Gasteiger partial charge is 0.0513 e. The van der Waals surface area contributed by atoms with Gasteiger partial charge in [-0.05, 0) is 17.7 Å². The highest BCUT2D eigenvalue weighted by Crippen LogP contribution is 2.42. The molecule has 0 radical (unpaired) electrons. The van der Waals surface area contributed by atoms with E-state index in [1.807, 2.05) is 17.8 Å². The van der Waals surface area contributed by atoms with Gasteiger partial charge in [0, 0.05) is 23.2 Å². The molecule has 2 aromatic carbocycles. The molecule has 0 amide bonds. The molecule has 2 aromatic rings. The fraction of sp³-hybridized carbons (Fsp3) is 0.200. The predicted molar refractivity (Wildman–Crippen MR) is 77.9 cm³/mol. The maximum absolute atomic E-state index is 6.31. The number of rotatable bonds is 1. The second-order valence-electron chi connectivity index (χ2n) is 4.49. The summed E-state index contributed by atoms with van der Waals surface area (Å²) in [5, 5.41) is 3.74. The minimum atomic E-state index is 0.116. The normalized spacial score (nSPS) is 22.7. The van der Waals surface area contributed by atoms with Crippen LogP contribution in [0.25, 0.3) is 0 Å². The Morgan fingerprint density at radius 2 is 1.72 bits per heavy atom. The molecule has 3 N–H and O–H groups in total. The molecule has 18 heavy (non-hydrogen) atoms. The minimum absolute atomic E-state index is 0.116. The van der Waals surface area contributed by atoms with E-state index in [1.165, 1.54) is 16.1 Å². The molecule has 2 nitrogen and oxygen atoms in total. The third-order valence-electron chi connectivity index (χ3n) is 3.19. The summed E-state index contributed by atoms with van der Waals surface area (Å²) in [7, 11) is 0. The standard InChI is InChI=1S/C15H16N2S/c16-12-10-17-13-8-4-5-9-14(13)18-15(12)11-6-2-1-3-7-11/h1-9,12,15,17H,10,16H2. The van der Waals surface area contributed by atoms with Gasteiger partial charge in [-0.1, -0.05) is 42.5 Å². The summed E-state index contributed by atoms with van der Waals surface area (Å²) in [4.78, 5) is 1.28. The van der Waals surface area contributed by atoms with Crippen LogP contribution in [0.15, 0.2) is 59.5 Å². The van der Waals surface area contributed by atoms with Gasteiger partial charge in [-0.2, -0.15) is 0 Å². The van der Waals surface area contributed by atoms with Gasteiger partial charge >= 0.3 is 0 Å². The lowest BCUT2D eigenvalue weighted by Gasteiger charge is -2.20. The topological polar surface area (TPSA) is 38.0 Å². The van der Waals surface area contributed by atoms with Crippen molar-refractivity contribution in [2.45, 2.75) is 16.2 Å². The first-order valence-electron chi connectivity index (χ1n) is 6.15. The number of para-hydroxylation sites is 1. The monoisotopic (exact) mass is 256 g/mol. The van der Waals surface area contributed by atoms with Gasteiger partial charge < -0.3 is 11.1 Å². The van der Waals surface area contributed by atoms with Gasteiger partial charge in [0.25, 0.3) is 0 Å². The summed E-state index contributed by atoms with van der Waals surface area (Å²) in [6, 6.07) is 19.0. The first-order chi connectivity index (χ1) is 8.84. The van der Waals surface area contributed by atoms with Crippen LogP contribution in [0.4, 0.5) is 5.69 Å². The molecule has 0 aromatic heterocycles. The fourth-order valence-corrected chi connectivity index (χ4v) is 3.49. The van der Waals surface area contributed by atoms with Crippen molar-refractivity contribution in [3.05, 3.63) is 60.2 Å². The lowest BCUT2D eigenvalue weighted by atomic mass is 10.1. The van der Waals surface area contributed by atoms with Crippen LogP contribution in [0, 0.1) is 0 Å². The molecule has 3 heteroatoms. The Hall–Kier alpha value is -1.45. The maximum Gasteiger partial charge on any atom is 0.0513 e. The van der Waals surface area contributed by atoms with Crippen molar-refractivity contribution >= 4 is 17.4 Å². The van der Waals surface area contributed by atoms with Crippen molar-refractivity contribution < 1.29 is 0 Å². The van der Waals surface area contributed by atoms with E-state index in [-0.39, 0.29) is 6.04 Å². The summed E-state index contributed by atoms with van der Waals surface area (Å²) in [6.45, 7) is 0.809. The molecule has 0 bridgehead atoms. The van der Waals surface area contributed by atoms with Gasteiger partial charge in [0.15, 0.2) is 0 Å². The zero-order chi connectivity index (χ0) is 12.4. The highest BCUT2D eigenvalue weighted by molar-refractivity contribution is 7.99. The number of anilines is 1. The molecule has 2 atom stereocenters. The summed E-state index contributed by atoms with van der Waals surface area (Å²) >= 11 is 1.85. The minimum Gasteiger partial charge on any atom is -0.383 e. The quantitative estimate of drug-likeness (QED) is 0.822. The number of hydrogen-bond acceptors (Lipinski definition) is 3. The van der Waals surface area contributed by atoms with Gasteiger partial charge in [0.05, 0.1) is 5.25 Å². The predicted octanol–water partition coefficient (Wildman–Crippen LogP) is 3.27. The Balaban J connectivity index is 1.96. The van der Waals surface area contributed by atoms with Crippen LogP contribution in [-0.2, 0) is 0 Å². The molecule has 1 aliphatic heterocycles. The van der Waals surface area contributed by atoms with E-state index in [0.29, 0.717) is 5.25 Å². The van der Waals surface area contributed by atoms with E-state index in [2.05, 4.69) is 53.8 Å². The lowest BCUT2D eigenvalue weighted by molar-refractivity contribution is 0.690. The number of nitrogens with two attached hydrogens (primary N) is 1. The zero-order valence-corrected chi connectivity index (χ0v) is 10.9. The van der Waals surface area contributed by atoms with E-state index in [9.17, 15) is 0 Å². The number of benzene rings is 2. The van der Waals surface area contributed by atoms with Crippen LogP contribution in [0.1, 0.15) is 10.8 Å². The summed E-state index contributed by atoms with van der Waals surface area (Å²) in [5.74, 6) is 0. The maximum atomic E-state index is 6.31. The van der Waals surface area contributed by atoms with E-state index in [0.717, 1.165) is 6.54 Å². The molecular formula is C15H16N2S. The van der Waals surface area contributed by atoms with E-state index in [4.69, 9.17) is 5.73 Å². The van der Waals surface area contributed by atoms with Crippen LogP contribution in [0.5, 0.6) is 0 Å². The van der Waals surface area contributed by atoms with Crippen molar-refractivity contribution in [3.8, 4) is 0 Å². The second-order valence-corrected chi connectivity index (χ2v) is 5.67. The van der Waals surface area contributed by atoms with Crippen molar-refractivity contribution in [2.75, 3.05) is 11.9 Å². The average molecular weight is 256 g/mol. The molecule has 92 valence electrons. The van der Waals surface area contributed by atoms with Crippen LogP contribution in [0.2, 0.25) is 0 Å². The Labute approximate surface area is 112 Å². The fourth-order valence-electron chi connectivity index (χ4n) is 2.23. The zero-order valence-electron chi connectivity index (χ0n) is 10.0. The summed E-state index contributed by atoms with van der Waals surface area (Å²) in [5.41, 5.74) is 8.80. The molecule has 3 rings (SSSR count). The molecule has 2 unspecified atom stereocenters. The third-order valence-corrected chi connectivity index (χ3v) is 4.67. The van der Waals surface area contributed by atoms with Gasteiger partial charge in [0.2, 0.25) is 0 Å². The summed E-state index contributed by atoms with van der Waals surface area (Å²) < 4.78 is 0. The second kappa shape index (κ2) is 5.04. The molecule has 0 fully saturated rings. The molecule has 0 saturated heterocycles. The van der Waals surface area contributed by atoms with E-state index >= 15 is 0 Å². The highest BCUT2D eigenvalue weighted by Gasteiger charge is 2.24. The number of thioether (sulfide) groups is 1. The Morgan fingerprint density at radius 1 is 1.00 bits per heavy atom. The third kappa shape index (κ3) is 2.24. The highest BCUT2D eigenvalue weighted by atomic mass is 32.2. The number of hydrogen-bond donors (Lipinski definition) is 2. The van der Waals surface area contributed by atoms with Crippen LogP contribution < -0.4 is 11.1 Å². The SMILES string of the molecule is NC1CNc2ccccc2SC1c1ccccc1. The van der Waals surface area contributed by atoms with Crippen molar-refractivity contribution in [1.82, 2.24) is 0 Å². The molecule has 0 spiro atoms. The van der Waals surface area contributed by atoms with Crippen LogP contribution in [-0.4, -0.2) is 12.6 Å². The van der Waals surface area contributed by atoms with Crippen molar-refractivity contribution in [3.63, 3.8) is 0 Å². The first kappa shape index (κ1) is 11.6.